The molecule has 1 aliphatic rings. The van der Waals surface area contributed by atoms with Crippen LogP contribution in [0.2, 0.25) is 0 Å². The van der Waals surface area contributed by atoms with E-state index in [0.717, 1.165) is 5.69 Å². The molecule has 3 nitrogen and oxygen atoms in total. The zero-order valence-electron chi connectivity index (χ0n) is 10.9. The molecular formula is C13H16N2OS2. The number of carbonyl (C=O) groups is 1. The Morgan fingerprint density at radius 1 is 1.39 bits per heavy atom. The van der Waals surface area contributed by atoms with Crippen LogP contribution < -0.4 is 0 Å². The average molecular weight is 280 g/mol. The Morgan fingerprint density at radius 2 is 2.06 bits per heavy atom. The molecule has 0 unspecified atom stereocenters. The van der Waals surface area contributed by atoms with E-state index in [1.807, 2.05) is 56.8 Å². The first-order valence-corrected chi connectivity index (χ1v) is 6.92. The van der Waals surface area contributed by atoms with E-state index in [1.54, 1.807) is 4.90 Å². The lowest BCUT2D eigenvalue weighted by Gasteiger charge is -2.30. The molecular weight excluding hydrogens is 264 g/mol. The van der Waals surface area contributed by atoms with Gasteiger partial charge in [0.2, 0.25) is 0 Å². The highest BCUT2D eigenvalue weighted by molar-refractivity contribution is 8.26. The number of nitrogens with zero attached hydrogens (tertiary/aromatic N) is 2. The molecule has 0 saturated carbocycles. The molecule has 2 heterocycles. The Hall–Kier alpha value is -1.07. The summed E-state index contributed by atoms with van der Waals surface area (Å²) >= 11 is 6.66. The fourth-order valence-corrected chi connectivity index (χ4v) is 3.43. The zero-order chi connectivity index (χ0) is 13.5. The van der Waals surface area contributed by atoms with Gasteiger partial charge in [-0.25, -0.2) is 0 Å². The normalized spacial score (nSPS) is 19.1. The highest BCUT2D eigenvalue weighted by atomic mass is 32.2. The number of hydrogen-bond donors (Lipinski definition) is 0. The van der Waals surface area contributed by atoms with Crippen LogP contribution in [-0.2, 0) is 11.8 Å². The fourth-order valence-electron chi connectivity index (χ4n) is 1.80. The van der Waals surface area contributed by atoms with E-state index in [1.165, 1.54) is 11.8 Å². The molecule has 1 amide bonds. The maximum absolute atomic E-state index is 12.3. The van der Waals surface area contributed by atoms with Crippen molar-refractivity contribution in [3.63, 3.8) is 0 Å². The van der Waals surface area contributed by atoms with Crippen LogP contribution in [0.3, 0.4) is 0 Å². The number of rotatable bonds is 1. The number of aromatic nitrogens is 1. The molecule has 5 heteroatoms. The summed E-state index contributed by atoms with van der Waals surface area (Å²) in [6.07, 6.45) is 3.85. The highest BCUT2D eigenvalue weighted by Crippen LogP contribution is 2.36. The maximum atomic E-state index is 12.3. The lowest BCUT2D eigenvalue weighted by molar-refractivity contribution is -0.125. The minimum Gasteiger partial charge on any atom is -0.351 e. The van der Waals surface area contributed by atoms with E-state index in [2.05, 4.69) is 0 Å². The number of thiocarbonyl (C=S) groups is 1. The highest BCUT2D eigenvalue weighted by Gasteiger charge is 2.39. The average Bonchev–Trinajstić information content (AvgIpc) is 2.72. The summed E-state index contributed by atoms with van der Waals surface area (Å²) in [5.41, 5.74) is 0.731. The molecule has 1 aromatic heterocycles. The van der Waals surface area contributed by atoms with Gasteiger partial charge >= 0.3 is 0 Å². The van der Waals surface area contributed by atoms with Crippen LogP contribution in [0.5, 0.6) is 0 Å². The van der Waals surface area contributed by atoms with E-state index in [0.29, 0.717) is 9.23 Å². The zero-order valence-corrected chi connectivity index (χ0v) is 12.6. The molecule has 0 aromatic carbocycles. The summed E-state index contributed by atoms with van der Waals surface area (Å²) in [4.78, 5) is 14.7. The number of carbonyl (C=O) groups excluding carboxylic acids is 1. The summed E-state index contributed by atoms with van der Waals surface area (Å²) in [5.74, 6) is -0.00120. The van der Waals surface area contributed by atoms with Crippen LogP contribution in [0.1, 0.15) is 26.5 Å². The Bertz CT molecular complexity index is 537. The van der Waals surface area contributed by atoms with Crippen molar-refractivity contribution in [3.05, 3.63) is 28.9 Å². The molecule has 1 aliphatic heterocycles. The molecule has 96 valence electrons. The largest absolute Gasteiger partial charge is 0.351 e. The maximum Gasteiger partial charge on any atom is 0.266 e. The minimum absolute atomic E-state index is 0.00120. The van der Waals surface area contributed by atoms with Crippen molar-refractivity contribution in [2.24, 2.45) is 7.05 Å². The lowest BCUT2D eigenvalue weighted by atomic mass is 10.1. The third-order valence-corrected chi connectivity index (χ3v) is 4.03. The van der Waals surface area contributed by atoms with Crippen molar-refractivity contribution in [3.8, 4) is 0 Å². The molecule has 0 aliphatic carbocycles. The Labute approximate surface area is 117 Å². The molecule has 0 atom stereocenters. The lowest BCUT2D eigenvalue weighted by Crippen LogP contribution is -2.44. The summed E-state index contributed by atoms with van der Waals surface area (Å²) in [7, 11) is 1.95. The van der Waals surface area contributed by atoms with Gasteiger partial charge in [0, 0.05) is 24.5 Å². The molecule has 2 rings (SSSR count). The summed E-state index contributed by atoms with van der Waals surface area (Å²) in [6, 6.07) is 3.93. The van der Waals surface area contributed by atoms with Crippen molar-refractivity contribution in [1.82, 2.24) is 9.47 Å². The number of aryl methyl sites for hydroxylation is 1. The van der Waals surface area contributed by atoms with Gasteiger partial charge in [-0.1, -0.05) is 24.0 Å². The van der Waals surface area contributed by atoms with Crippen LogP contribution in [0, 0.1) is 0 Å². The summed E-state index contributed by atoms with van der Waals surface area (Å²) in [5, 5.41) is 0. The van der Waals surface area contributed by atoms with Gasteiger partial charge in [0.1, 0.15) is 4.32 Å². The molecule has 1 fully saturated rings. The predicted molar refractivity (Wildman–Crippen MR) is 80.2 cm³/mol. The van der Waals surface area contributed by atoms with Gasteiger partial charge in [-0.15, -0.1) is 0 Å². The molecule has 0 N–H and O–H groups in total. The minimum atomic E-state index is -0.273. The van der Waals surface area contributed by atoms with Crippen LogP contribution in [0.25, 0.3) is 6.08 Å². The molecule has 1 aromatic rings. The second-order valence-electron chi connectivity index (χ2n) is 5.23. The van der Waals surface area contributed by atoms with Crippen LogP contribution in [-0.4, -0.2) is 25.2 Å². The second-order valence-corrected chi connectivity index (χ2v) is 6.91. The van der Waals surface area contributed by atoms with Gasteiger partial charge in [0.05, 0.1) is 4.91 Å². The van der Waals surface area contributed by atoms with E-state index in [-0.39, 0.29) is 11.4 Å². The standard InChI is InChI=1S/C13H16N2OS2/c1-13(2,3)15-11(16)10(18-12(15)17)8-9-6-5-7-14(9)4/h5-8H,1-4H3. The van der Waals surface area contributed by atoms with Crippen LogP contribution >= 0.6 is 24.0 Å². The second kappa shape index (κ2) is 4.55. The van der Waals surface area contributed by atoms with Crippen molar-refractivity contribution in [2.45, 2.75) is 26.3 Å². The van der Waals surface area contributed by atoms with E-state index >= 15 is 0 Å². The third kappa shape index (κ3) is 2.37. The van der Waals surface area contributed by atoms with Gasteiger partial charge in [0.25, 0.3) is 5.91 Å². The first-order chi connectivity index (χ1) is 8.30. The SMILES string of the molecule is Cn1cccc1C=C1SC(=S)N(C(C)(C)C)C1=O. The van der Waals surface area contributed by atoms with Gasteiger partial charge in [-0.2, -0.15) is 0 Å². The first kappa shape index (κ1) is 13.4. The van der Waals surface area contributed by atoms with Gasteiger partial charge in [-0.3, -0.25) is 9.69 Å². The summed E-state index contributed by atoms with van der Waals surface area (Å²) < 4.78 is 2.61. The van der Waals surface area contributed by atoms with Crippen molar-refractivity contribution in [1.29, 1.82) is 0 Å². The van der Waals surface area contributed by atoms with Crippen molar-refractivity contribution in [2.75, 3.05) is 0 Å². The molecule has 0 bridgehead atoms. The quantitative estimate of drug-likeness (QED) is 0.584. The third-order valence-electron chi connectivity index (χ3n) is 2.73. The van der Waals surface area contributed by atoms with Crippen LogP contribution in [0.4, 0.5) is 0 Å². The van der Waals surface area contributed by atoms with E-state index in [4.69, 9.17) is 12.2 Å². The first-order valence-electron chi connectivity index (χ1n) is 5.70. The molecule has 1 saturated heterocycles. The molecule has 0 spiro atoms. The Kier molecular flexibility index (Phi) is 3.38. The monoisotopic (exact) mass is 280 g/mol. The van der Waals surface area contributed by atoms with Gasteiger partial charge < -0.3 is 4.57 Å². The molecule has 0 radical (unpaired) electrons. The number of amides is 1. The van der Waals surface area contributed by atoms with Gasteiger partial charge in [0.15, 0.2) is 0 Å². The van der Waals surface area contributed by atoms with Crippen molar-refractivity contribution < 1.29 is 4.79 Å². The Balaban J connectivity index is 2.34. The number of thioether (sulfide) groups is 1. The predicted octanol–water partition coefficient (Wildman–Crippen LogP) is 3.02. The Morgan fingerprint density at radius 3 is 2.50 bits per heavy atom. The topological polar surface area (TPSA) is 25.2 Å². The van der Waals surface area contributed by atoms with Crippen LogP contribution in [0.15, 0.2) is 23.2 Å². The van der Waals surface area contributed by atoms with E-state index < -0.39 is 0 Å². The van der Waals surface area contributed by atoms with E-state index in [9.17, 15) is 4.79 Å². The number of hydrogen-bond acceptors (Lipinski definition) is 3. The van der Waals surface area contributed by atoms with Crippen molar-refractivity contribution >= 4 is 40.3 Å². The smallest absolute Gasteiger partial charge is 0.266 e. The summed E-state index contributed by atoms with van der Waals surface area (Å²) in [6.45, 7) is 5.97. The molecule has 18 heavy (non-hydrogen) atoms. The fraction of sp³-hybridized carbons (Fsp3) is 0.385. The van der Waals surface area contributed by atoms with Gasteiger partial charge in [-0.05, 0) is 39.0 Å².